The maximum absolute atomic E-state index is 6.49. The zero-order valence-electron chi connectivity index (χ0n) is 41.3. The molecule has 340 valence electrons. The summed E-state index contributed by atoms with van der Waals surface area (Å²) in [7, 11) is -0.841. The van der Waals surface area contributed by atoms with Crippen LogP contribution < -0.4 is 15.3 Å². The number of aromatic nitrogens is 1. The van der Waals surface area contributed by atoms with Gasteiger partial charge in [0.1, 0.15) is 0 Å². The topological polar surface area (TPSA) is 48.3 Å². The van der Waals surface area contributed by atoms with Gasteiger partial charge in [-0.15, -0.1) is 0 Å². The molecule has 10 rings (SSSR count). The van der Waals surface area contributed by atoms with Gasteiger partial charge in [-0.3, -0.25) is 0 Å². The molecule has 1 atom stereocenters. The molecule has 0 bridgehead atoms. The standard InChI is InChI=1S/C58H63B2N3O4/c1-38-18-30-51(40(3)34-38)61(45-24-20-42(21-25-45)59-64-55(5,6)56(7,8)65-59)47-28-32-53-49(36-47)50-37-48(29-33-54(50)63(53)44-16-14-13-15-17-44)62(52-31-19-39(2)35-41(52)4)46-26-22-43(23-27-46)60-66-57(9,10)58(11,12)67-60/h13-26,28-37,46H,27H2,1-12H3. The minimum atomic E-state index is -0.441. The highest BCUT2D eigenvalue weighted by Crippen LogP contribution is 2.45. The first-order chi connectivity index (χ1) is 31.8. The molecule has 3 heterocycles. The molecule has 2 aliphatic heterocycles. The lowest BCUT2D eigenvalue weighted by Gasteiger charge is -2.34. The highest BCUT2D eigenvalue weighted by atomic mass is 16.7. The molecule has 67 heavy (non-hydrogen) atoms. The number of fused-ring (bicyclic) bond motifs is 3. The summed E-state index contributed by atoms with van der Waals surface area (Å²) in [6.45, 7) is 25.6. The molecule has 0 amide bonds. The third kappa shape index (κ3) is 7.94. The Morgan fingerprint density at radius 1 is 0.522 bits per heavy atom. The van der Waals surface area contributed by atoms with Crippen molar-refractivity contribution in [2.24, 2.45) is 0 Å². The molecule has 9 heteroatoms. The molecule has 3 aliphatic rings. The first kappa shape index (κ1) is 45.0. The predicted molar refractivity (Wildman–Crippen MR) is 280 cm³/mol. The van der Waals surface area contributed by atoms with Gasteiger partial charge >= 0.3 is 14.2 Å². The van der Waals surface area contributed by atoms with Crippen molar-refractivity contribution in [3.63, 3.8) is 0 Å². The average molecular weight is 888 g/mol. The van der Waals surface area contributed by atoms with Crippen molar-refractivity contribution in [2.75, 3.05) is 9.80 Å². The van der Waals surface area contributed by atoms with Crippen LogP contribution in [0.15, 0.2) is 151 Å². The van der Waals surface area contributed by atoms with E-state index in [9.17, 15) is 0 Å². The first-order valence-electron chi connectivity index (χ1n) is 23.9. The third-order valence-electron chi connectivity index (χ3n) is 15.1. The molecule has 2 saturated heterocycles. The van der Waals surface area contributed by atoms with Gasteiger partial charge in [0.15, 0.2) is 0 Å². The summed E-state index contributed by atoms with van der Waals surface area (Å²) < 4.78 is 28.3. The van der Waals surface area contributed by atoms with Crippen LogP contribution in [0.2, 0.25) is 0 Å². The largest absolute Gasteiger partial charge is 0.494 e. The molecular formula is C58H63B2N3O4. The second-order valence-corrected chi connectivity index (χ2v) is 21.0. The molecule has 1 aliphatic carbocycles. The van der Waals surface area contributed by atoms with Crippen LogP contribution in [0.4, 0.5) is 28.4 Å². The van der Waals surface area contributed by atoms with Gasteiger partial charge in [-0.05, 0) is 184 Å². The van der Waals surface area contributed by atoms with Crippen molar-refractivity contribution < 1.29 is 18.6 Å². The number of hydrogen-bond acceptors (Lipinski definition) is 6. The Morgan fingerprint density at radius 3 is 1.57 bits per heavy atom. The van der Waals surface area contributed by atoms with Gasteiger partial charge in [-0.25, -0.2) is 0 Å². The quantitative estimate of drug-likeness (QED) is 0.135. The van der Waals surface area contributed by atoms with E-state index in [4.69, 9.17) is 18.6 Å². The monoisotopic (exact) mass is 888 g/mol. The Hall–Kier alpha value is -5.83. The van der Waals surface area contributed by atoms with E-state index in [0.29, 0.717) is 0 Å². The fourth-order valence-electron chi connectivity index (χ4n) is 9.94. The number of nitrogens with zero attached hydrogens (tertiary/aromatic N) is 3. The zero-order chi connectivity index (χ0) is 47.2. The second kappa shape index (κ2) is 16.4. The van der Waals surface area contributed by atoms with Crippen molar-refractivity contribution in [1.82, 2.24) is 4.57 Å². The summed E-state index contributed by atoms with van der Waals surface area (Å²) in [6.07, 6.45) is 7.64. The predicted octanol–water partition coefficient (Wildman–Crippen LogP) is 13.8. The first-order valence-corrected chi connectivity index (χ1v) is 23.9. The van der Waals surface area contributed by atoms with E-state index in [0.717, 1.165) is 56.8 Å². The van der Waals surface area contributed by atoms with Crippen molar-refractivity contribution in [3.05, 3.63) is 173 Å². The van der Waals surface area contributed by atoms with Crippen LogP contribution in [0.3, 0.4) is 0 Å². The van der Waals surface area contributed by atoms with E-state index >= 15 is 0 Å². The summed E-state index contributed by atoms with van der Waals surface area (Å²) >= 11 is 0. The van der Waals surface area contributed by atoms with E-state index in [2.05, 4.69) is 243 Å². The minimum absolute atomic E-state index is 0.0585. The summed E-state index contributed by atoms with van der Waals surface area (Å²) in [5.74, 6) is 0. The Kier molecular flexibility index (Phi) is 11.0. The van der Waals surface area contributed by atoms with Crippen molar-refractivity contribution >= 4 is 69.9 Å². The van der Waals surface area contributed by atoms with E-state index in [1.54, 1.807) is 0 Å². The number of benzene rings is 6. The zero-order valence-corrected chi connectivity index (χ0v) is 41.3. The summed E-state index contributed by atoms with van der Waals surface area (Å²) in [4.78, 5) is 4.90. The molecule has 7 aromatic rings. The van der Waals surface area contributed by atoms with Gasteiger partial charge < -0.3 is 33.0 Å². The lowest BCUT2D eigenvalue weighted by Crippen LogP contribution is -2.41. The van der Waals surface area contributed by atoms with Gasteiger partial charge in [-0.1, -0.05) is 84.0 Å². The molecule has 6 aromatic carbocycles. The Bertz CT molecular complexity index is 3060. The SMILES string of the molecule is Cc1ccc(N(c2ccc(B3OC(C)(C)C(C)(C)O3)cc2)c2ccc3c(c2)c2cc(N(c4ccc(C)cc4C)C4C=CC(B5OC(C)(C)C(C)(C)O5)=CC4)ccc2n3-c2ccccc2)c(C)c1. The maximum atomic E-state index is 6.49. The van der Waals surface area contributed by atoms with Gasteiger partial charge in [0, 0.05) is 44.9 Å². The van der Waals surface area contributed by atoms with E-state index in [-0.39, 0.29) is 6.04 Å². The molecule has 0 radical (unpaired) electrons. The van der Waals surface area contributed by atoms with Crippen LogP contribution in [-0.4, -0.2) is 47.2 Å². The number of rotatable bonds is 9. The van der Waals surface area contributed by atoms with Crippen LogP contribution >= 0.6 is 0 Å². The van der Waals surface area contributed by atoms with Crippen LogP contribution in [0, 0.1) is 27.7 Å². The van der Waals surface area contributed by atoms with Crippen molar-refractivity contribution in [1.29, 1.82) is 0 Å². The van der Waals surface area contributed by atoms with Gasteiger partial charge in [0.05, 0.1) is 39.5 Å². The van der Waals surface area contributed by atoms with Crippen LogP contribution in [0.25, 0.3) is 27.5 Å². The number of para-hydroxylation sites is 1. The Morgan fingerprint density at radius 2 is 1.03 bits per heavy atom. The molecule has 0 spiro atoms. The third-order valence-corrected chi connectivity index (χ3v) is 15.1. The van der Waals surface area contributed by atoms with Crippen molar-refractivity contribution in [3.8, 4) is 5.69 Å². The lowest BCUT2D eigenvalue weighted by molar-refractivity contribution is 0.00578. The van der Waals surface area contributed by atoms with E-state index in [1.165, 1.54) is 38.7 Å². The van der Waals surface area contributed by atoms with E-state index in [1.807, 2.05) is 0 Å². The summed E-state index contributed by atoms with van der Waals surface area (Å²) in [6, 6.07) is 46.9. The number of hydrogen-bond donors (Lipinski definition) is 0. The van der Waals surface area contributed by atoms with E-state index < -0.39 is 36.6 Å². The second-order valence-electron chi connectivity index (χ2n) is 21.0. The highest BCUT2D eigenvalue weighted by Gasteiger charge is 2.53. The van der Waals surface area contributed by atoms with Crippen LogP contribution in [0.1, 0.15) is 84.1 Å². The smallest absolute Gasteiger partial charge is 0.399 e. The van der Waals surface area contributed by atoms with Gasteiger partial charge in [-0.2, -0.15) is 0 Å². The Labute approximate surface area is 398 Å². The van der Waals surface area contributed by atoms with Crippen LogP contribution in [0.5, 0.6) is 0 Å². The number of aryl methyl sites for hydroxylation is 4. The van der Waals surface area contributed by atoms with Gasteiger partial charge in [0.25, 0.3) is 0 Å². The van der Waals surface area contributed by atoms with Gasteiger partial charge in [0.2, 0.25) is 0 Å². The van der Waals surface area contributed by atoms with Crippen LogP contribution in [-0.2, 0) is 18.6 Å². The molecule has 0 N–H and O–H groups in total. The minimum Gasteiger partial charge on any atom is -0.399 e. The molecule has 2 fully saturated rings. The molecule has 7 nitrogen and oxygen atoms in total. The lowest BCUT2D eigenvalue weighted by atomic mass is 9.75. The molecule has 1 aromatic heterocycles. The molecule has 0 saturated carbocycles. The molecular weight excluding hydrogens is 824 g/mol. The summed E-state index contributed by atoms with van der Waals surface area (Å²) in [5, 5.41) is 2.35. The summed E-state index contributed by atoms with van der Waals surface area (Å²) in [5.41, 5.74) is 14.3. The number of anilines is 5. The number of allylic oxidation sites excluding steroid dienone is 2. The van der Waals surface area contributed by atoms with Crippen molar-refractivity contribution in [2.45, 2.75) is 118 Å². The molecule has 1 unspecified atom stereocenters. The highest BCUT2D eigenvalue weighted by molar-refractivity contribution is 6.62. The fourth-order valence-corrected chi connectivity index (χ4v) is 9.94. The average Bonchev–Trinajstić information content (AvgIpc) is 3.82. The maximum Gasteiger partial charge on any atom is 0.494 e. The Balaban J connectivity index is 1.11. The fraction of sp³-hybridized carbons (Fsp3) is 0.310. The normalized spacial score (nSPS) is 19.3.